The molecule has 0 aromatic heterocycles. The van der Waals surface area contributed by atoms with Crippen LogP contribution in [0.15, 0.2) is 18.2 Å². The molecule has 1 saturated carbocycles. The highest BCUT2D eigenvalue weighted by Crippen LogP contribution is 2.32. The smallest absolute Gasteiger partial charge is 0.338 e. The van der Waals surface area contributed by atoms with Crippen molar-refractivity contribution in [1.29, 1.82) is 0 Å². The summed E-state index contributed by atoms with van der Waals surface area (Å²) in [5.41, 5.74) is 6.75. The standard InChI is InChI=1S/C13H17NO3/c14-11-3-1-2-10(12(11)13(15)16)8-17-7-6-9-4-5-9/h1-3,9H,4-8,14H2,(H,15,16). The van der Waals surface area contributed by atoms with Crippen LogP contribution in [-0.4, -0.2) is 17.7 Å². The lowest BCUT2D eigenvalue weighted by Crippen LogP contribution is -2.08. The molecule has 0 atom stereocenters. The third kappa shape index (κ3) is 3.20. The van der Waals surface area contributed by atoms with Gasteiger partial charge in [-0.1, -0.05) is 25.0 Å². The third-order valence-electron chi connectivity index (χ3n) is 3.02. The molecule has 0 aliphatic heterocycles. The van der Waals surface area contributed by atoms with Crippen LogP contribution in [-0.2, 0) is 11.3 Å². The van der Waals surface area contributed by atoms with E-state index in [-0.39, 0.29) is 5.56 Å². The van der Waals surface area contributed by atoms with Gasteiger partial charge in [-0.15, -0.1) is 0 Å². The zero-order valence-electron chi connectivity index (χ0n) is 9.69. The Morgan fingerprint density at radius 2 is 2.24 bits per heavy atom. The van der Waals surface area contributed by atoms with Gasteiger partial charge in [0, 0.05) is 12.3 Å². The minimum atomic E-state index is -0.996. The molecular formula is C13H17NO3. The van der Waals surface area contributed by atoms with E-state index in [1.165, 1.54) is 12.8 Å². The normalized spacial score (nSPS) is 14.8. The Labute approximate surface area is 100 Å². The zero-order chi connectivity index (χ0) is 12.3. The first-order valence-corrected chi connectivity index (χ1v) is 5.87. The summed E-state index contributed by atoms with van der Waals surface area (Å²) in [6.07, 6.45) is 3.69. The van der Waals surface area contributed by atoms with E-state index in [0.29, 0.717) is 24.5 Å². The van der Waals surface area contributed by atoms with E-state index in [2.05, 4.69) is 0 Å². The minimum Gasteiger partial charge on any atom is -0.478 e. The molecule has 1 aromatic carbocycles. The number of carboxylic acid groups (broad SMARTS) is 1. The summed E-state index contributed by atoms with van der Waals surface area (Å²) >= 11 is 0. The zero-order valence-corrected chi connectivity index (χ0v) is 9.69. The molecule has 17 heavy (non-hydrogen) atoms. The van der Waals surface area contributed by atoms with Crippen LogP contribution in [0.25, 0.3) is 0 Å². The average molecular weight is 235 g/mol. The third-order valence-corrected chi connectivity index (χ3v) is 3.02. The second-order valence-electron chi connectivity index (χ2n) is 4.47. The number of hydrogen-bond acceptors (Lipinski definition) is 3. The Balaban J connectivity index is 1.93. The van der Waals surface area contributed by atoms with Gasteiger partial charge < -0.3 is 15.6 Å². The van der Waals surface area contributed by atoms with Crippen LogP contribution < -0.4 is 5.73 Å². The number of nitrogen functional groups attached to an aromatic ring is 1. The molecule has 4 heteroatoms. The van der Waals surface area contributed by atoms with Gasteiger partial charge in [-0.05, 0) is 24.0 Å². The van der Waals surface area contributed by atoms with Crippen LogP contribution >= 0.6 is 0 Å². The monoisotopic (exact) mass is 235 g/mol. The van der Waals surface area contributed by atoms with Gasteiger partial charge >= 0.3 is 5.97 Å². The summed E-state index contributed by atoms with van der Waals surface area (Å²) in [5.74, 6) is -0.168. The number of ether oxygens (including phenoxy) is 1. The number of rotatable bonds is 6. The van der Waals surface area contributed by atoms with Gasteiger partial charge in [0.25, 0.3) is 0 Å². The van der Waals surface area contributed by atoms with E-state index < -0.39 is 5.97 Å². The van der Waals surface area contributed by atoms with Crippen LogP contribution in [0, 0.1) is 5.92 Å². The Morgan fingerprint density at radius 3 is 2.88 bits per heavy atom. The maximum absolute atomic E-state index is 11.1. The quantitative estimate of drug-likeness (QED) is 0.586. The van der Waals surface area contributed by atoms with Gasteiger partial charge in [0.2, 0.25) is 0 Å². The van der Waals surface area contributed by atoms with Crippen molar-refractivity contribution in [2.75, 3.05) is 12.3 Å². The topological polar surface area (TPSA) is 72.5 Å². The molecule has 1 aromatic rings. The number of hydrogen-bond donors (Lipinski definition) is 2. The molecule has 0 unspecified atom stereocenters. The predicted molar refractivity (Wildman–Crippen MR) is 64.8 cm³/mol. The number of carboxylic acids is 1. The summed E-state index contributed by atoms with van der Waals surface area (Å²) in [7, 11) is 0. The molecule has 0 radical (unpaired) electrons. The van der Waals surface area contributed by atoms with Gasteiger partial charge in [0.15, 0.2) is 0 Å². The molecule has 1 fully saturated rings. The van der Waals surface area contributed by atoms with Crippen LogP contribution in [0.5, 0.6) is 0 Å². The highest BCUT2D eigenvalue weighted by atomic mass is 16.5. The lowest BCUT2D eigenvalue weighted by Gasteiger charge is -2.09. The van der Waals surface area contributed by atoms with Crippen molar-refractivity contribution in [1.82, 2.24) is 0 Å². The van der Waals surface area contributed by atoms with Crippen molar-refractivity contribution >= 4 is 11.7 Å². The van der Waals surface area contributed by atoms with Gasteiger partial charge in [-0.25, -0.2) is 4.79 Å². The van der Waals surface area contributed by atoms with Crippen molar-refractivity contribution in [2.24, 2.45) is 5.92 Å². The van der Waals surface area contributed by atoms with Crippen LogP contribution in [0.2, 0.25) is 0 Å². The summed E-state index contributed by atoms with van der Waals surface area (Å²) in [6.45, 7) is 1.01. The van der Waals surface area contributed by atoms with Crippen molar-refractivity contribution < 1.29 is 14.6 Å². The van der Waals surface area contributed by atoms with Crippen molar-refractivity contribution in [3.05, 3.63) is 29.3 Å². The fraction of sp³-hybridized carbons (Fsp3) is 0.462. The molecule has 1 aliphatic rings. The molecule has 0 amide bonds. The molecule has 4 nitrogen and oxygen atoms in total. The maximum Gasteiger partial charge on any atom is 0.338 e. The fourth-order valence-electron chi connectivity index (χ4n) is 1.84. The Morgan fingerprint density at radius 1 is 1.47 bits per heavy atom. The summed E-state index contributed by atoms with van der Waals surface area (Å²) in [4.78, 5) is 11.1. The van der Waals surface area contributed by atoms with Crippen molar-refractivity contribution in [3.8, 4) is 0 Å². The highest BCUT2D eigenvalue weighted by Gasteiger charge is 2.20. The highest BCUT2D eigenvalue weighted by molar-refractivity contribution is 5.95. The first kappa shape index (κ1) is 11.9. The molecule has 2 rings (SSSR count). The molecular weight excluding hydrogens is 218 g/mol. The van der Waals surface area contributed by atoms with Gasteiger partial charge in [0.05, 0.1) is 12.2 Å². The molecule has 3 N–H and O–H groups in total. The first-order valence-electron chi connectivity index (χ1n) is 5.87. The summed E-state index contributed by atoms with van der Waals surface area (Å²) in [5, 5.41) is 9.07. The van der Waals surface area contributed by atoms with Gasteiger partial charge in [-0.3, -0.25) is 0 Å². The summed E-state index contributed by atoms with van der Waals surface area (Å²) in [6, 6.07) is 5.09. The Hall–Kier alpha value is -1.55. The SMILES string of the molecule is Nc1cccc(COCCC2CC2)c1C(=O)O. The molecule has 1 aliphatic carbocycles. The number of benzene rings is 1. The molecule has 0 bridgehead atoms. The van der Waals surface area contributed by atoms with Crippen molar-refractivity contribution in [2.45, 2.75) is 25.9 Å². The van der Waals surface area contributed by atoms with E-state index in [0.717, 1.165) is 12.3 Å². The van der Waals surface area contributed by atoms with Crippen LogP contribution in [0.4, 0.5) is 5.69 Å². The Kier molecular flexibility index (Phi) is 3.64. The predicted octanol–water partition coefficient (Wildman–Crippen LogP) is 2.28. The lowest BCUT2D eigenvalue weighted by atomic mass is 10.1. The summed E-state index contributed by atoms with van der Waals surface area (Å²) < 4.78 is 5.50. The largest absolute Gasteiger partial charge is 0.478 e. The van der Waals surface area contributed by atoms with E-state index in [1.807, 2.05) is 0 Å². The lowest BCUT2D eigenvalue weighted by molar-refractivity contribution is 0.0687. The molecule has 0 heterocycles. The number of aromatic carboxylic acids is 1. The second-order valence-corrected chi connectivity index (χ2v) is 4.47. The maximum atomic E-state index is 11.1. The van der Waals surface area contributed by atoms with Crippen molar-refractivity contribution in [3.63, 3.8) is 0 Å². The molecule has 92 valence electrons. The molecule has 0 spiro atoms. The Bertz CT molecular complexity index is 413. The van der Waals surface area contributed by atoms with E-state index in [1.54, 1.807) is 18.2 Å². The first-order chi connectivity index (χ1) is 8.18. The minimum absolute atomic E-state index is 0.166. The van der Waals surface area contributed by atoms with Crippen LogP contribution in [0.3, 0.4) is 0 Å². The van der Waals surface area contributed by atoms with Crippen LogP contribution in [0.1, 0.15) is 35.2 Å². The number of nitrogens with two attached hydrogens (primary N) is 1. The average Bonchev–Trinajstić information content (AvgIpc) is 3.07. The van der Waals surface area contributed by atoms with E-state index >= 15 is 0 Å². The molecule has 0 saturated heterocycles. The van der Waals surface area contributed by atoms with E-state index in [9.17, 15) is 4.79 Å². The fourth-order valence-corrected chi connectivity index (χ4v) is 1.84. The van der Waals surface area contributed by atoms with Gasteiger partial charge in [-0.2, -0.15) is 0 Å². The van der Waals surface area contributed by atoms with Gasteiger partial charge in [0.1, 0.15) is 0 Å². The number of anilines is 1. The van der Waals surface area contributed by atoms with E-state index in [4.69, 9.17) is 15.6 Å². The second kappa shape index (κ2) is 5.19. The number of carbonyl (C=O) groups is 1.